The fourth-order valence-electron chi connectivity index (χ4n) is 2.48. The van der Waals surface area contributed by atoms with Gasteiger partial charge in [0.25, 0.3) is 0 Å². The summed E-state index contributed by atoms with van der Waals surface area (Å²) in [6.45, 7) is 1.92. The lowest BCUT2D eigenvalue weighted by Gasteiger charge is -2.34. The Labute approximate surface area is 143 Å². The van der Waals surface area contributed by atoms with Crippen LogP contribution in [0.4, 0.5) is 11.6 Å². The lowest BCUT2D eigenvalue weighted by atomic mass is 10.3. The summed E-state index contributed by atoms with van der Waals surface area (Å²) in [5.41, 5.74) is 5.74. The zero-order chi connectivity index (χ0) is 16.4. The molecule has 23 heavy (non-hydrogen) atoms. The third-order valence-electron chi connectivity index (χ3n) is 3.68. The first-order chi connectivity index (χ1) is 11.0. The smallest absolute Gasteiger partial charge is 0.246 e. The van der Waals surface area contributed by atoms with Crippen LogP contribution in [0.15, 0.2) is 46.0 Å². The average molecular weight is 398 g/mol. The zero-order valence-corrected chi connectivity index (χ0v) is 14.7. The van der Waals surface area contributed by atoms with E-state index < -0.39 is 10.0 Å². The maximum absolute atomic E-state index is 12.8. The van der Waals surface area contributed by atoms with Crippen molar-refractivity contribution in [2.45, 2.75) is 4.90 Å². The molecule has 0 radical (unpaired) electrons. The van der Waals surface area contributed by atoms with Gasteiger partial charge in [-0.1, -0.05) is 6.07 Å². The quantitative estimate of drug-likeness (QED) is 0.839. The van der Waals surface area contributed by atoms with Gasteiger partial charge in [0.1, 0.15) is 16.5 Å². The predicted molar refractivity (Wildman–Crippen MR) is 91.6 cm³/mol. The monoisotopic (exact) mass is 397 g/mol. The Morgan fingerprint density at radius 1 is 1.13 bits per heavy atom. The van der Waals surface area contributed by atoms with Gasteiger partial charge in [0.15, 0.2) is 0 Å². The third-order valence-corrected chi connectivity index (χ3v) is 6.04. The molecule has 1 aliphatic heterocycles. The minimum absolute atomic E-state index is 0.0142. The second-order valence-corrected chi connectivity index (χ2v) is 7.94. The van der Waals surface area contributed by atoms with Gasteiger partial charge in [-0.25, -0.2) is 18.4 Å². The number of pyridine rings is 2. The Kier molecular flexibility index (Phi) is 4.51. The molecular weight excluding hydrogens is 382 g/mol. The van der Waals surface area contributed by atoms with E-state index in [0.717, 1.165) is 5.82 Å². The molecule has 1 saturated heterocycles. The molecule has 122 valence electrons. The summed E-state index contributed by atoms with van der Waals surface area (Å²) in [5.74, 6) is 0.869. The lowest BCUT2D eigenvalue weighted by molar-refractivity contribution is 0.384. The number of nitrogens with two attached hydrogens (primary N) is 1. The second-order valence-electron chi connectivity index (χ2n) is 5.12. The van der Waals surface area contributed by atoms with Crippen LogP contribution < -0.4 is 10.6 Å². The Bertz CT molecular complexity index is 792. The molecule has 1 fully saturated rings. The molecule has 0 unspecified atom stereocenters. The van der Waals surface area contributed by atoms with Gasteiger partial charge >= 0.3 is 0 Å². The number of rotatable bonds is 3. The molecule has 0 aromatic carbocycles. The molecule has 9 heteroatoms. The van der Waals surface area contributed by atoms with Crippen LogP contribution in [0.25, 0.3) is 0 Å². The van der Waals surface area contributed by atoms with Gasteiger partial charge in [0.05, 0.1) is 0 Å². The Morgan fingerprint density at radius 2 is 1.87 bits per heavy atom. The standard InChI is InChI=1S/C14H16BrN5O2S/c15-11-9-12(14(16)18-10-11)23(21,22)20-7-5-19(6-8-20)13-3-1-2-4-17-13/h1-4,9-10H,5-8H2,(H2,16,18). The summed E-state index contributed by atoms with van der Waals surface area (Å²) < 4.78 is 27.5. The van der Waals surface area contributed by atoms with Crippen molar-refractivity contribution in [1.82, 2.24) is 14.3 Å². The molecule has 0 atom stereocenters. The van der Waals surface area contributed by atoms with E-state index in [9.17, 15) is 8.42 Å². The normalized spacial score (nSPS) is 16.5. The zero-order valence-electron chi connectivity index (χ0n) is 12.3. The molecule has 1 aliphatic rings. The molecule has 3 rings (SSSR count). The largest absolute Gasteiger partial charge is 0.383 e. The summed E-state index contributed by atoms with van der Waals surface area (Å²) in [7, 11) is -3.65. The van der Waals surface area contributed by atoms with E-state index >= 15 is 0 Å². The molecule has 0 spiro atoms. The molecule has 0 aliphatic carbocycles. The summed E-state index contributed by atoms with van der Waals surface area (Å²) in [5, 5.41) is 0. The minimum Gasteiger partial charge on any atom is -0.383 e. The first-order valence-corrected chi connectivity index (χ1v) is 9.29. The fourth-order valence-corrected chi connectivity index (χ4v) is 4.47. The number of hydrogen-bond donors (Lipinski definition) is 1. The molecule has 2 N–H and O–H groups in total. The summed E-state index contributed by atoms with van der Waals surface area (Å²) in [6.07, 6.45) is 3.21. The fraction of sp³-hybridized carbons (Fsp3) is 0.286. The van der Waals surface area contributed by atoms with Crippen molar-refractivity contribution in [2.24, 2.45) is 0 Å². The van der Waals surface area contributed by atoms with Crippen molar-refractivity contribution in [3.63, 3.8) is 0 Å². The maximum atomic E-state index is 12.8. The van der Waals surface area contributed by atoms with Gasteiger partial charge in [-0.05, 0) is 34.1 Å². The topological polar surface area (TPSA) is 92.4 Å². The number of sulfonamides is 1. The van der Waals surface area contributed by atoms with Crippen LogP contribution in [-0.4, -0.2) is 48.9 Å². The third kappa shape index (κ3) is 3.31. The van der Waals surface area contributed by atoms with Crippen molar-refractivity contribution >= 4 is 37.6 Å². The first kappa shape index (κ1) is 16.2. The van der Waals surface area contributed by atoms with Crippen LogP contribution in [0.3, 0.4) is 0 Å². The van der Waals surface area contributed by atoms with E-state index in [0.29, 0.717) is 30.7 Å². The van der Waals surface area contributed by atoms with Crippen LogP contribution in [0.5, 0.6) is 0 Å². The summed E-state index contributed by atoms with van der Waals surface area (Å²) in [4.78, 5) is 10.3. The molecular formula is C14H16BrN5O2S. The van der Waals surface area contributed by atoms with E-state index in [2.05, 4.69) is 30.8 Å². The summed E-state index contributed by atoms with van der Waals surface area (Å²) >= 11 is 3.24. The van der Waals surface area contributed by atoms with Gasteiger partial charge in [0.2, 0.25) is 10.0 Å². The molecule has 0 amide bonds. The van der Waals surface area contributed by atoms with E-state index in [4.69, 9.17) is 5.73 Å². The van der Waals surface area contributed by atoms with Gasteiger partial charge in [-0.2, -0.15) is 4.31 Å². The van der Waals surface area contributed by atoms with Gasteiger partial charge in [-0.3, -0.25) is 0 Å². The highest BCUT2D eigenvalue weighted by Gasteiger charge is 2.30. The molecule has 2 aromatic heterocycles. The minimum atomic E-state index is -3.65. The molecule has 0 bridgehead atoms. The van der Waals surface area contributed by atoms with Gasteiger partial charge < -0.3 is 10.6 Å². The Balaban J connectivity index is 1.78. The maximum Gasteiger partial charge on any atom is 0.246 e. The average Bonchev–Trinajstić information content (AvgIpc) is 2.58. The van der Waals surface area contributed by atoms with Crippen LogP contribution >= 0.6 is 15.9 Å². The number of piperazine rings is 1. The number of aromatic nitrogens is 2. The molecule has 7 nitrogen and oxygen atoms in total. The Hall–Kier alpha value is -1.71. The van der Waals surface area contributed by atoms with E-state index in [1.807, 2.05) is 18.2 Å². The van der Waals surface area contributed by atoms with E-state index in [-0.39, 0.29) is 10.7 Å². The van der Waals surface area contributed by atoms with E-state index in [1.165, 1.54) is 16.6 Å². The summed E-state index contributed by atoms with van der Waals surface area (Å²) in [6, 6.07) is 7.18. The highest BCUT2D eigenvalue weighted by Crippen LogP contribution is 2.25. The number of hydrogen-bond acceptors (Lipinski definition) is 6. The van der Waals surface area contributed by atoms with E-state index in [1.54, 1.807) is 6.20 Å². The predicted octanol–water partition coefficient (Wildman–Crippen LogP) is 1.33. The van der Waals surface area contributed by atoms with Crippen LogP contribution in [0, 0.1) is 0 Å². The van der Waals surface area contributed by atoms with Crippen molar-refractivity contribution in [3.8, 4) is 0 Å². The lowest BCUT2D eigenvalue weighted by Crippen LogP contribution is -2.49. The van der Waals surface area contributed by atoms with Crippen molar-refractivity contribution in [3.05, 3.63) is 41.1 Å². The van der Waals surface area contributed by atoms with Crippen molar-refractivity contribution in [2.75, 3.05) is 36.8 Å². The number of nitrogen functional groups attached to an aromatic ring is 1. The number of halogens is 1. The van der Waals surface area contributed by atoms with Gasteiger partial charge in [-0.15, -0.1) is 0 Å². The number of nitrogens with zero attached hydrogens (tertiary/aromatic N) is 4. The molecule has 2 aromatic rings. The van der Waals surface area contributed by atoms with Crippen LogP contribution in [-0.2, 0) is 10.0 Å². The molecule has 0 saturated carbocycles. The van der Waals surface area contributed by atoms with Gasteiger partial charge in [0, 0.05) is 43.0 Å². The highest BCUT2D eigenvalue weighted by molar-refractivity contribution is 9.10. The van der Waals surface area contributed by atoms with Crippen LogP contribution in [0.2, 0.25) is 0 Å². The van der Waals surface area contributed by atoms with Crippen molar-refractivity contribution < 1.29 is 8.42 Å². The van der Waals surface area contributed by atoms with Crippen molar-refractivity contribution in [1.29, 1.82) is 0 Å². The number of anilines is 2. The van der Waals surface area contributed by atoms with Crippen LogP contribution in [0.1, 0.15) is 0 Å². The Morgan fingerprint density at radius 3 is 2.52 bits per heavy atom. The molecule has 3 heterocycles. The highest BCUT2D eigenvalue weighted by atomic mass is 79.9. The SMILES string of the molecule is Nc1ncc(Br)cc1S(=O)(=O)N1CCN(c2ccccn2)CC1. The second kappa shape index (κ2) is 6.42. The first-order valence-electron chi connectivity index (χ1n) is 7.05.